The zero-order valence-electron chi connectivity index (χ0n) is 10.4. The molecule has 2 aromatic heterocycles. The lowest BCUT2D eigenvalue weighted by Crippen LogP contribution is -2.07. The van der Waals surface area contributed by atoms with Crippen LogP contribution >= 0.6 is 0 Å². The van der Waals surface area contributed by atoms with Gasteiger partial charge in [0.15, 0.2) is 5.82 Å². The normalized spacial score (nSPS) is 14.9. The van der Waals surface area contributed by atoms with Crippen molar-refractivity contribution in [1.29, 1.82) is 0 Å². The first-order valence-corrected chi connectivity index (χ1v) is 6.32. The number of anilines is 1. The molecule has 0 aliphatic heterocycles. The summed E-state index contributed by atoms with van der Waals surface area (Å²) in [6.07, 6.45) is 7.42. The first kappa shape index (κ1) is 11.1. The number of rotatable bonds is 2. The highest BCUT2D eigenvalue weighted by Crippen LogP contribution is 2.26. The summed E-state index contributed by atoms with van der Waals surface area (Å²) in [4.78, 5) is 9.19. The average Bonchev–Trinajstić information content (AvgIpc) is 2.83. The van der Waals surface area contributed by atoms with Crippen LogP contribution in [-0.2, 0) is 12.8 Å². The molecule has 3 rings (SSSR count). The number of nitrogens with one attached hydrogen (secondary N) is 2. The number of aromatic nitrogens is 5. The maximum atomic E-state index is 4.65. The molecule has 0 atom stereocenters. The lowest BCUT2D eigenvalue weighted by Gasteiger charge is -2.11. The van der Waals surface area contributed by atoms with Crippen LogP contribution in [0.5, 0.6) is 0 Å². The van der Waals surface area contributed by atoms with Gasteiger partial charge in [-0.25, -0.2) is 9.97 Å². The van der Waals surface area contributed by atoms with Crippen molar-refractivity contribution in [1.82, 2.24) is 25.4 Å². The van der Waals surface area contributed by atoms with Gasteiger partial charge in [-0.2, -0.15) is 15.4 Å². The van der Waals surface area contributed by atoms with Gasteiger partial charge in [-0.05, 0) is 25.7 Å². The summed E-state index contributed by atoms with van der Waals surface area (Å²) in [7, 11) is 1.90. The molecule has 0 fully saturated rings. The van der Waals surface area contributed by atoms with Crippen molar-refractivity contribution < 1.29 is 0 Å². The van der Waals surface area contributed by atoms with Gasteiger partial charge in [0.2, 0.25) is 0 Å². The molecule has 0 aromatic carbocycles. The van der Waals surface area contributed by atoms with E-state index in [1.807, 2.05) is 7.05 Å². The standard InChI is InChI=1S/C12H16N6/c1-13-11-8-5-3-2-4-6-9(8)15-12(16-11)10-7-14-18-17-10/h7H,2-6H2,1H3,(H,13,15,16)(H,14,17,18). The molecular formula is C12H16N6. The number of H-pyrrole nitrogens is 1. The fourth-order valence-corrected chi connectivity index (χ4v) is 2.40. The molecule has 0 saturated heterocycles. The van der Waals surface area contributed by atoms with Crippen LogP contribution in [0.15, 0.2) is 6.20 Å². The van der Waals surface area contributed by atoms with E-state index < -0.39 is 0 Å². The number of nitrogens with zero attached hydrogens (tertiary/aromatic N) is 4. The summed E-state index contributed by atoms with van der Waals surface area (Å²) in [5, 5.41) is 13.6. The van der Waals surface area contributed by atoms with Gasteiger partial charge in [0.05, 0.1) is 6.20 Å². The Morgan fingerprint density at radius 2 is 2.06 bits per heavy atom. The summed E-state index contributed by atoms with van der Waals surface area (Å²) in [5.41, 5.74) is 3.12. The molecule has 2 aromatic rings. The maximum absolute atomic E-state index is 4.65. The van der Waals surface area contributed by atoms with Crippen molar-refractivity contribution >= 4 is 5.82 Å². The predicted molar refractivity (Wildman–Crippen MR) is 68.2 cm³/mol. The molecule has 1 aliphatic carbocycles. The van der Waals surface area contributed by atoms with E-state index in [-0.39, 0.29) is 0 Å². The number of aryl methyl sites for hydroxylation is 1. The molecule has 18 heavy (non-hydrogen) atoms. The summed E-state index contributed by atoms with van der Waals surface area (Å²) in [5.74, 6) is 1.58. The Labute approximate surface area is 105 Å². The van der Waals surface area contributed by atoms with Gasteiger partial charge >= 0.3 is 0 Å². The molecule has 0 unspecified atom stereocenters. The minimum absolute atomic E-state index is 0.647. The maximum Gasteiger partial charge on any atom is 0.184 e. The van der Waals surface area contributed by atoms with Gasteiger partial charge < -0.3 is 5.32 Å². The Morgan fingerprint density at radius 1 is 1.17 bits per heavy atom. The van der Waals surface area contributed by atoms with Crippen molar-refractivity contribution in [2.24, 2.45) is 0 Å². The second-order valence-corrected chi connectivity index (χ2v) is 4.49. The third kappa shape index (κ3) is 1.94. The summed E-state index contributed by atoms with van der Waals surface area (Å²) in [6.45, 7) is 0. The van der Waals surface area contributed by atoms with E-state index in [9.17, 15) is 0 Å². The van der Waals surface area contributed by atoms with E-state index in [1.54, 1.807) is 6.20 Å². The van der Waals surface area contributed by atoms with E-state index >= 15 is 0 Å². The Hall–Kier alpha value is -1.98. The van der Waals surface area contributed by atoms with Crippen LogP contribution in [0.4, 0.5) is 5.82 Å². The minimum Gasteiger partial charge on any atom is -0.373 e. The molecule has 2 heterocycles. The number of hydrogen-bond donors (Lipinski definition) is 2. The molecule has 0 saturated carbocycles. The van der Waals surface area contributed by atoms with Crippen molar-refractivity contribution in [3.8, 4) is 11.5 Å². The summed E-state index contributed by atoms with van der Waals surface area (Å²) < 4.78 is 0. The largest absolute Gasteiger partial charge is 0.373 e. The third-order valence-electron chi connectivity index (χ3n) is 3.31. The lowest BCUT2D eigenvalue weighted by atomic mass is 10.1. The number of fused-ring (bicyclic) bond motifs is 1. The molecule has 0 amide bonds. The first-order valence-electron chi connectivity index (χ1n) is 6.32. The van der Waals surface area contributed by atoms with Crippen molar-refractivity contribution in [2.75, 3.05) is 12.4 Å². The van der Waals surface area contributed by atoms with Crippen LogP contribution in [0.1, 0.15) is 30.5 Å². The number of hydrogen-bond acceptors (Lipinski definition) is 5. The van der Waals surface area contributed by atoms with Crippen molar-refractivity contribution in [3.63, 3.8) is 0 Å². The van der Waals surface area contributed by atoms with E-state index in [1.165, 1.54) is 24.8 Å². The average molecular weight is 244 g/mol. The van der Waals surface area contributed by atoms with Gasteiger partial charge in [0.1, 0.15) is 11.5 Å². The van der Waals surface area contributed by atoms with E-state index in [0.29, 0.717) is 11.5 Å². The van der Waals surface area contributed by atoms with E-state index in [2.05, 4.69) is 30.7 Å². The molecule has 6 heteroatoms. The van der Waals surface area contributed by atoms with Crippen LogP contribution in [0.3, 0.4) is 0 Å². The monoisotopic (exact) mass is 244 g/mol. The number of aromatic amines is 1. The highest BCUT2D eigenvalue weighted by atomic mass is 15.3. The summed E-state index contributed by atoms with van der Waals surface area (Å²) in [6, 6.07) is 0. The highest BCUT2D eigenvalue weighted by Gasteiger charge is 2.17. The Bertz CT molecular complexity index is 534. The fourth-order valence-electron chi connectivity index (χ4n) is 2.40. The molecule has 0 bridgehead atoms. The van der Waals surface area contributed by atoms with Crippen LogP contribution in [-0.4, -0.2) is 32.4 Å². The summed E-state index contributed by atoms with van der Waals surface area (Å²) >= 11 is 0. The SMILES string of the molecule is CNc1nc(-c2cn[nH]n2)nc2c1CCCCC2. The molecule has 0 radical (unpaired) electrons. The minimum atomic E-state index is 0.647. The molecular weight excluding hydrogens is 228 g/mol. The van der Waals surface area contributed by atoms with E-state index in [4.69, 9.17) is 0 Å². The second-order valence-electron chi connectivity index (χ2n) is 4.49. The highest BCUT2D eigenvalue weighted by molar-refractivity contribution is 5.55. The van der Waals surface area contributed by atoms with Crippen molar-refractivity contribution in [2.45, 2.75) is 32.1 Å². The van der Waals surface area contributed by atoms with Gasteiger partial charge in [-0.3, -0.25) is 0 Å². The van der Waals surface area contributed by atoms with Gasteiger partial charge in [-0.1, -0.05) is 6.42 Å². The van der Waals surface area contributed by atoms with Crippen LogP contribution < -0.4 is 5.32 Å². The molecule has 2 N–H and O–H groups in total. The van der Waals surface area contributed by atoms with Gasteiger partial charge in [-0.15, -0.1) is 0 Å². The van der Waals surface area contributed by atoms with Crippen LogP contribution in [0.2, 0.25) is 0 Å². The zero-order chi connectivity index (χ0) is 12.4. The second kappa shape index (κ2) is 4.72. The van der Waals surface area contributed by atoms with Gasteiger partial charge in [0.25, 0.3) is 0 Å². The first-order chi connectivity index (χ1) is 8.88. The molecule has 94 valence electrons. The third-order valence-corrected chi connectivity index (χ3v) is 3.31. The molecule has 1 aliphatic rings. The van der Waals surface area contributed by atoms with Crippen molar-refractivity contribution in [3.05, 3.63) is 17.5 Å². The predicted octanol–water partition coefficient (Wildman–Crippen LogP) is 1.57. The van der Waals surface area contributed by atoms with Crippen LogP contribution in [0, 0.1) is 0 Å². The lowest BCUT2D eigenvalue weighted by molar-refractivity contribution is 0.709. The van der Waals surface area contributed by atoms with E-state index in [0.717, 1.165) is 24.4 Å². The molecule has 0 spiro atoms. The van der Waals surface area contributed by atoms with Gasteiger partial charge in [0, 0.05) is 18.3 Å². The smallest absolute Gasteiger partial charge is 0.184 e. The quantitative estimate of drug-likeness (QED) is 0.784. The Morgan fingerprint density at radius 3 is 2.83 bits per heavy atom. The Balaban J connectivity index is 2.10. The fraction of sp³-hybridized carbons (Fsp3) is 0.500. The Kier molecular flexibility index (Phi) is 2.92. The topological polar surface area (TPSA) is 79.4 Å². The zero-order valence-corrected chi connectivity index (χ0v) is 10.4. The molecule has 6 nitrogen and oxygen atoms in total. The van der Waals surface area contributed by atoms with Crippen LogP contribution in [0.25, 0.3) is 11.5 Å².